The quantitative estimate of drug-likeness (QED) is 0.408. The molecule has 0 aliphatic carbocycles. The number of rotatable bonds is 4. The van der Waals surface area contributed by atoms with Crippen LogP contribution in [0.15, 0.2) is 11.3 Å². The predicted octanol–water partition coefficient (Wildman–Crippen LogP) is 3.01. The van der Waals surface area contributed by atoms with Gasteiger partial charge in [0.05, 0.1) is 14.7 Å². The van der Waals surface area contributed by atoms with Crippen molar-refractivity contribution in [3.05, 3.63) is 11.3 Å². The standard InChI is InChI=1S/C11H22O2Si/c1-7-13-11(12)10(8-9(2)3)14(4,5)6/h8-9H,7H2,1-6H3/b10-8+. The van der Waals surface area contributed by atoms with Gasteiger partial charge in [-0.2, -0.15) is 0 Å². The van der Waals surface area contributed by atoms with Crippen LogP contribution in [0.4, 0.5) is 0 Å². The summed E-state index contributed by atoms with van der Waals surface area (Å²) in [5, 5.41) is 0.911. The molecule has 0 saturated heterocycles. The molecule has 0 aromatic heterocycles. The lowest BCUT2D eigenvalue weighted by molar-refractivity contribution is -0.137. The van der Waals surface area contributed by atoms with Crippen LogP contribution in [0.5, 0.6) is 0 Å². The summed E-state index contributed by atoms with van der Waals surface area (Å²) in [6, 6.07) is 0. The van der Waals surface area contributed by atoms with Gasteiger partial charge in [-0.3, -0.25) is 0 Å². The van der Waals surface area contributed by atoms with Crippen molar-refractivity contribution in [2.75, 3.05) is 6.61 Å². The third-order valence-electron chi connectivity index (χ3n) is 1.80. The average molecular weight is 214 g/mol. The summed E-state index contributed by atoms with van der Waals surface area (Å²) >= 11 is 0. The molecule has 0 aromatic rings. The third kappa shape index (κ3) is 4.60. The lowest BCUT2D eigenvalue weighted by atomic mass is 10.2. The van der Waals surface area contributed by atoms with Gasteiger partial charge in [-0.25, -0.2) is 4.79 Å². The first kappa shape index (κ1) is 13.4. The van der Waals surface area contributed by atoms with Gasteiger partial charge < -0.3 is 4.74 Å². The van der Waals surface area contributed by atoms with Crippen molar-refractivity contribution in [3.63, 3.8) is 0 Å². The van der Waals surface area contributed by atoms with Crippen molar-refractivity contribution in [3.8, 4) is 0 Å². The van der Waals surface area contributed by atoms with E-state index in [9.17, 15) is 4.79 Å². The number of carbonyl (C=O) groups is 1. The van der Waals surface area contributed by atoms with Crippen molar-refractivity contribution in [2.24, 2.45) is 5.92 Å². The summed E-state index contributed by atoms with van der Waals surface area (Å²) in [7, 11) is -1.56. The number of esters is 1. The first-order chi connectivity index (χ1) is 6.29. The van der Waals surface area contributed by atoms with Crippen molar-refractivity contribution < 1.29 is 9.53 Å². The van der Waals surface area contributed by atoms with E-state index in [0.29, 0.717) is 12.5 Å². The Hall–Kier alpha value is -0.573. The number of allylic oxidation sites excluding steroid dienone is 1. The van der Waals surface area contributed by atoms with Crippen LogP contribution in [-0.2, 0) is 9.53 Å². The molecule has 2 nitrogen and oxygen atoms in total. The van der Waals surface area contributed by atoms with Gasteiger partial charge in [0.25, 0.3) is 0 Å². The molecule has 3 heteroatoms. The minimum atomic E-state index is -1.56. The second-order valence-corrected chi connectivity index (χ2v) is 9.83. The smallest absolute Gasteiger partial charge is 0.329 e. The molecular formula is C11H22O2Si. The second-order valence-electron chi connectivity index (χ2n) is 4.79. The molecule has 0 aliphatic heterocycles. The Labute approximate surface area is 88.4 Å². The molecule has 0 heterocycles. The van der Waals surface area contributed by atoms with E-state index in [1.165, 1.54) is 0 Å². The number of hydrogen-bond donors (Lipinski definition) is 0. The molecule has 0 amide bonds. The van der Waals surface area contributed by atoms with Gasteiger partial charge in [-0.1, -0.05) is 39.6 Å². The van der Waals surface area contributed by atoms with Crippen LogP contribution in [0, 0.1) is 5.92 Å². The van der Waals surface area contributed by atoms with E-state index >= 15 is 0 Å². The number of carbonyl (C=O) groups excluding carboxylic acids is 1. The lowest BCUT2D eigenvalue weighted by Crippen LogP contribution is -2.31. The summed E-state index contributed by atoms with van der Waals surface area (Å²) in [6.07, 6.45) is 2.05. The van der Waals surface area contributed by atoms with E-state index in [4.69, 9.17) is 4.74 Å². The van der Waals surface area contributed by atoms with Crippen LogP contribution < -0.4 is 0 Å². The maximum Gasteiger partial charge on any atom is 0.329 e. The van der Waals surface area contributed by atoms with Crippen LogP contribution in [0.3, 0.4) is 0 Å². The fraction of sp³-hybridized carbons (Fsp3) is 0.727. The van der Waals surface area contributed by atoms with E-state index in [2.05, 4.69) is 33.5 Å². The fourth-order valence-electron chi connectivity index (χ4n) is 1.17. The molecule has 0 rings (SSSR count). The fourth-order valence-corrected chi connectivity index (χ4v) is 2.68. The Morgan fingerprint density at radius 3 is 2.14 bits per heavy atom. The first-order valence-electron chi connectivity index (χ1n) is 5.18. The zero-order valence-corrected chi connectivity index (χ0v) is 11.2. The van der Waals surface area contributed by atoms with E-state index in [1.807, 2.05) is 13.0 Å². The highest BCUT2D eigenvalue weighted by atomic mass is 28.3. The minimum absolute atomic E-state index is 0.125. The molecule has 0 unspecified atom stereocenters. The summed E-state index contributed by atoms with van der Waals surface area (Å²) < 4.78 is 5.06. The Morgan fingerprint density at radius 2 is 1.86 bits per heavy atom. The molecule has 0 fully saturated rings. The molecule has 0 bridgehead atoms. The van der Waals surface area contributed by atoms with Crippen molar-refractivity contribution in [1.29, 1.82) is 0 Å². The highest BCUT2D eigenvalue weighted by Crippen LogP contribution is 2.18. The van der Waals surface area contributed by atoms with Gasteiger partial charge in [-0.15, -0.1) is 0 Å². The highest BCUT2D eigenvalue weighted by molar-refractivity contribution is 6.87. The van der Waals surface area contributed by atoms with Gasteiger partial charge >= 0.3 is 5.97 Å². The predicted molar refractivity (Wildman–Crippen MR) is 62.9 cm³/mol. The molecule has 0 saturated carbocycles. The van der Waals surface area contributed by atoms with E-state index in [0.717, 1.165) is 5.20 Å². The molecule has 0 atom stereocenters. The Bertz CT molecular complexity index is 224. The highest BCUT2D eigenvalue weighted by Gasteiger charge is 2.26. The zero-order valence-electron chi connectivity index (χ0n) is 10.2. The summed E-state index contributed by atoms with van der Waals surface area (Å²) in [5.74, 6) is 0.279. The maximum absolute atomic E-state index is 11.7. The number of hydrogen-bond acceptors (Lipinski definition) is 2. The van der Waals surface area contributed by atoms with Crippen LogP contribution >= 0.6 is 0 Å². The normalized spacial score (nSPS) is 13.2. The summed E-state index contributed by atoms with van der Waals surface area (Å²) in [4.78, 5) is 11.7. The minimum Gasteiger partial charge on any atom is -0.463 e. The van der Waals surface area contributed by atoms with Gasteiger partial charge in [0.15, 0.2) is 0 Å². The van der Waals surface area contributed by atoms with Gasteiger partial charge in [0.2, 0.25) is 0 Å². The van der Waals surface area contributed by atoms with E-state index in [-0.39, 0.29) is 5.97 Å². The molecule has 82 valence electrons. The Balaban J connectivity index is 4.83. The molecule has 0 N–H and O–H groups in total. The van der Waals surface area contributed by atoms with Crippen LogP contribution in [0.2, 0.25) is 19.6 Å². The maximum atomic E-state index is 11.7. The van der Waals surface area contributed by atoms with Crippen LogP contribution in [0.1, 0.15) is 20.8 Å². The molecule has 0 aliphatic rings. The number of ether oxygens (including phenoxy) is 1. The molecule has 0 aromatic carbocycles. The Morgan fingerprint density at radius 1 is 1.36 bits per heavy atom. The third-order valence-corrected chi connectivity index (χ3v) is 3.79. The van der Waals surface area contributed by atoms with Gasteiger partial charge in [-0.05, 0) is 12.8 Å². The first-order valence-corrected chi connectivity index (χ1v) is 8.68. The van der Waals surface area contributed by atoms with Gasteiger partial charge in [0, 0.05) is 5.20 Å². The van der Waals surface area contributed by atoms with Crippen molar-refractivity contribution in [1.82, 2.24) is 0 Å². The van der Waals surface area contributed by atoms with E-state index < -0.39 is 8.07 Å². The Kier molecular flexibility index (Phi) is 5.12. The average Bonchev–Trinajstić information content (AvgIpc) is 1.98. The van der Waals surface area contributed by atoms with Crippen molar-refractivity contribution >= 4 is 14.0 Å². The van der Waals surface area contributed by atoms with Crippen LogP contribution in [-0.4, -0.2) is 20.7 Å². The monoisotopic (exact) mass is 214 g/mol. The second kappa shape index (κ2) is 5.34. The molecule has 0 spiro atoms. The molecule has 14 heavy (non-hydrogen) atoms. The summed E-state index contributed by atoms with van der Waals surface area (Å²) in [6.45, 7) is 13.0. The van der Waals surface area contributed by atoms with Crippen molar-refractivity contribution in [2.45, 2.75) is 40.4 Å². The van der Waals surface area contributed by atoms with E-state index in [1.54, 1.807) is 0 Å². The zero-order chi connectivity index (χ0) is 11.4. The van der Waals surface area contributed by atoms with Gasteiger partial charge in [0.1, 0.15) is 0 Å². The lowest BCUT2D eigenvalue weighted by Gasteiger charge is -2.20. The topological polar surface area (TPSA) is 26.3 Å². The van der Waals surface area contributed by atoms with Crippen LogP contribution in [0.25, 0.3) is 0 Å². The SMILES string of the molecule is CCOC(=O)/C(=C\C(C)C)[Si](C)(C)C. The molecular weight excluding hydrogens is 192 g/mol. The molecule has 0 radical (unpaired) electrons. The summed E-state index contributed by atoms with van der Waals surface area (Å²) in [5.41, 5.74) is 0. The largest absolute Gasteiger partial charge is 0.463 e.